The van der Waals surface area contributed by atoms with Crippen LogP contribution < -0.4 is 15.0 Å². The standard InChI is InChI=1S/C22H28N2O2/c1-3-5-17-23-22(25)24(18-11-14-19-12-7-6-8-13-19)20-15-9-10-16-21(20)26-4-2/h6-16H,3-5,17-18H2,1-2H3,(H,23,25)/b14-11+. The Bertz CT molecular complexity index is 698. The minimum Gasteiger partial charge on any atom is -0.492 e. The van der Waals surface area contributed by atoms with Crippen LogP contribution in [-0.4, -0.2) is 25.7 Å². The molecule has 0 radical (unpaired) electrons. The second-order valence-electron chi connectivity index (χ2n) is 5.91. The normalized spacial score (nSPS) is 10.7. The van der Waals surface area contributed by atoms with E-state index in [9.17, 15) is 4.79 Å². The highest BCUT2D eigenvalue weighted by Gasteiger charge is 2.17. The Balaban J connectivity index is 2.18. The minimum atomic E-state index is -0.108. The molecule has 0 spiro atoms. The first-order chi connectivity index (χ1) is 12.8. The molecular formula is C22H28N2O2. The van der Waals surface area contributed by atoms with Gasteiger partial charge in [-0.15, -0.1) is 0 Å². The number of hydrogen-bond acceptors (Lipinski definition) is 2. The molecule has 0 aliphatic carbocycles. The molecule has 4 nitrogen and oxygen atoms in total. The van der Waals surface area contributed by atoms with Gasteiger partial charge < -0.3 is 10.1 Å². The van der Waals surface area contributed by atoms with Gasteiger partial charge in [-0.05, 0) is 31.0 Å². The molecule has 0 heterocycles. The molecule has 2 rings (SSSR count). The summed E-state index contributed by atoms with van der Waals surface area (Å²) in [6.45, 7) is 5.75. The number of para-hydroxylation sites is 2. The maximum Gasteiger partial charge on any atom is 0.322 e. The minimum absolute atomic E-state index is 0.108. The van der Waals surface area contributed by atoms with Gasteiger partial charge in [0, 0.05) is 13.1 Å². The molecule has 138 valence electrons. The van der Waals surface area contributed by atoms with Crippen molar-refractivity contribution in [3.8, 4) is 5.75 Å². The predicted octanol–water partition coefficient (Wildman–Crippen LogP) is 5.11. The zero-order valence-corrected chi connectivity index (χ0v) is 15.7. The van der Waals surface area contributed by atoms with Crippen LogP contribution in [0.2, 0.25) is 0 Å². The maximum atomic E-state index is 12.7. The molecule has 2 aromatic carbocycles. The monoisotopic (exact) mass is 352 g/mol. The average molecular weight is 352 g/mol. The predicted molar refractivity (Wildman–Crippen MR) is 109 cm³/mol. The van der Waals surface area contributed by atoms with Crippen LogP contribution in [0.3, 0.4) is 0 Å². The topological polar surface area (TPSA) is 41.6 Å². The van der Waals surface area contributed by atoms with Crippen molar-refractivity contribution in [2.75, 3.05) is 24.6 Å². The van der Waals surface area contributed by atoms with Crippen LogP contribution in [0, 0.1) is 0 Å². The summed E-state index contributed by atoms with van der Waals surface area (Å²) in [5.41, 5.74) is 1.89. The number of urea groups is 1. The summed E-state index contributed by atoms with van der Waals surface area (Å²) in [5, 5.41) is 3.00. The number of unbranched alkanes of at least 4 members (excludes halogenated alkanes) is 1. The molecule has 0 aromatic heterocycles. The fourth-order valence-electron chi connectivity index (χ4n) is 2.57. The number of nitrogens with zero attached hydrogens (tertiary/aromatic N) is 1. The van der Waals surface area contributed by atoms with E-state index >= 15 is 0 Å². The van der Waals surface area contributed by atoms with Crippen molar-refractivity contribution >= 4 is 17.8 Å². The van der Waals surface area contributed by atoms with Gasteiger partial charge in [0.15, 0.2) is 0 Å². The van der Waals surface area contributed by atoms with Gasteiger partial charge in [-0.1, -0.05) is 68.0 Å². The van der Waals surface area contributed by atoms with Crippen LogP contribution in [0.15, 0.2) is 60.7 Å². The van der Waals surface area contributed by atoms with Gasteiger partial charge in [0.05, 0.1) is 12.3 Å². The number of ether oxygens (including phenoxy) is 1. The smallest absolute Gasteiger partial charge is 0.322 e. The lowest BCUT2D eigenvalue weighted by molar-refractivity contribution is 0.246. The summed E-state index contributed by atoms with van der Waals surface area (Å²) >= 11 is 0. The lowest BCUT2D eigenvalue weighted by Crippen LogP contribution is -2.40. The van der Waals surface area contributed by atoms with Crippen LogP contribution in [0.4, 0.5) is 10.5 Å². The van der Waals surface area contributed by atoms with E-state index in [2.05, 4.69) is 12.2 Å². The summed E-state index contributed by atoms with van der Waals surface area (Å²) in [4.78, 5) is 14.5. The van der Waals surface area contributed by atoms with Gasteiger partial charge in [-0.2, -0.15) is 0 Å². The fraction of sp³-hybridized carbons (Fsp3) is 0.318. The molecular weight excluding hydrogens is 324 g/mol. The van der Waals surface area contributed by atoms with E-state index in [1.165, 1.54) is 0 Å². The summed E-state index contributed by atoms with van der Waals surface area (Å²) in [5.74, 6) is 0.716. The number of nitrogens with one attached hydrogen (secondary N) is 1. The van der Waals surface area contributed by atoms with Crippen LogP contribution >= 0.6 is 0 Å². The van der Waals surface area contributed by atoms with Crippen LogP contribution in [0.25, 0.3) is 6.08 Å². The Hall–Kier alpha value is -2.75. The Kier molecular flexibility index (Phi) is 8.27. The van der Waals surface area contributed by atoms with Crippen molar-refractivity contribution in [2.24, 2.45) is 0 Å². The quantitative estimate of drug-likeness (QED) is 0.637. The molecule has 0 aliphatic rings. The van der Waals surface area contributed by atoms with Crippen molar-refractivity contribution in [1.29, 1.82) is 0 Å². The number of anilines is 1. The van der Waals surface area contributed by atoms with Crippen LogP contribution in [0.5, 0.6) is 5.75 Å². The van der Waals surface area contributed by atoms with E-state index in [0.717, 1.165) is 24.1 Å². The van der Waals surface area contributed by atoms with E-state index < -0.39 is 0 Å². The molecule has 4 heteroatoms. The second kappa shape index (κ2) is 11.0. The Morgan fingerprint density at radius 2 is 1.81 bits per heavy atom. The van der Waals surface area contributed by atoms with Crippen molar-refractivity contribution in [3.63, 3.8) is 0 Å². The first kappa shape index (κ1) is 19.6. The summed E-state index contributed by atoms with van der Waals surface area (Å²) in [6, 6.07) is 17.6. The van der Waals surface area contributed by atoms with Gasteiger partial charge >= 0.3 is 6.03 Å². The number of rotatable bonds is 9. The van der Waals surface area contributed by atoms with Crippen LogP contribution in [0.1, 0.15) is 32.3 Å². The molecule has 0 bridgehead atoms. The number of benzene rings is 2. The van der Waals surface area contributed by atoms with Gasteiger partial charge in [0.25, 0.3) is 0 Å². The molecule has 26 heavy (non-hydrogen) atoms. The molecule has 0 unspecified atom stereocenters. The third kappa shape index (κ3) is 5.96. The molecule has 0 atom stereocenters. The van der Waals surface area contributed by atoms with Gasteiger partial charge in [0.2, 0.25) is 0 Å². The zero-order valence-electron chi connectivity index (χ0n) is 15.7. The maximum absolute atomic E-state index is 12.7. The van der Waals surface area contributed by atoms with Gasteiger partial charge in [0.1, 0.15) is 5.75 Å². The molecule has 2 amide bonds. The number of amides is 2. The summed E-state index contributed by atoms with van der Waals surface area (Å²) < 4.78 is 5.71. The third-order valence-corrected chi connectivity index (χ3v) is 3.91. The largest absolute Gasteiger partial charge is 0.492 e. The van der Waals surface area contributed by atoms with Crippen molar-refractivity contribution < 1.29 is 9.53 Å². The van der Waals surface area contributed by atoms with E-state index in [4.69, 9.17) is 4.74 Å². The third-order valence-electron chi connectivity index (χ3n) is 3.91. The van der Waals surface area contributed by atoms with E-state index in [0.29, 0.717) is 25.4 Å². The highest BCUT2D eigenvalue weighted by atomic mass is 16.5. The summed E-state index contributed by atoms with van der Waals surface area (Å²) in [7, 11) is 0. The molecule has 0 saturated carbocycles. The molecule has 0 aliphatic heterocycles. The number of carbonyl (C=O) groups excluding carboxylic acids is 1. The van der Waals surface area contributed by atoms with Crippen molar-refractivity contribution in [2.45, 2.75) is 26.7 Å². The average Bonchev–Trinajstić information content (AvgIpc) is 2.67. The Labute approximate surface area is 156 Å². The SMILES string of the molecule is CCCCNC(=O)N(C/C=C/c1ccccc1)c1ccccc1OCC. The number of hydrogen-bond donors (Lipinski definition) is 1. The molecule has 2 aromatic rings. The van der Waals surface area contributed by atoms with E-state index in [1.54, 1.807) is 4.90 Å². The highest BCUT2D eigenvalue weighted by Crippen LogP contribution is 2.28. The van der Waals surface area contributed by atoms with E-state index in [1.807, 2.05) is 73.7 Å². The Morgan fingerprint density at radius 3 is 2.54 bits per heavy atom. The molecule has 0 saturated heterocycles. The fourth-order valence-corrected chi connectivity index (χ4v) is 2.57. The summed E-state index contributed by atoms with van der Waals surface area (Å²) in [6.07, 6.45) is 6.03. The van der Waals surface area contributed by atoms with Crippen molar-refractivity contribution in [1.82, 2.24) is 5.32 Å². The van der Waals surface area contributed by atoms with Gasteiger partial charge in [-0.25, -0.2) is 4.79 Å². The van der Waals surface area contributed by atoms with Crippen LogP contribution in [-0.2, 0) is 0 Å². The lowest BCUT2D eigenvalue weighted by atomic mass is 10.2. The first-order valence-corrected chi connectivity index (χ1v) is 9.25. The zero-order chi connectivity index (χ0) is 18.6. The lowest BCUT2D eigenvalue weighted by Gasteiger charge is -2.24. The highest BCUT2D eigenvalue weighted by molar-refractivity contribution is 5.94. The van der Waals surface area contributed by atoms with Gasteiger partial charge in [-0.3, -0.25) is 4.90 Å². The Morgan fingerprint density at radius 1 is 1.08 bits per heavy atom. The molecule has 0 fully saturated rings. The molecule has 1 N–H and O–H groups in total. The van der Waals surface area contributed by atoms with E-state index in [-0.39, 0.29) is 6.03 Å². The van der Waals surface area contributed by atoms with Crippen molar-refractivity contribution in [3.05, 3.63) is 66.2 Å². The second-order valence-corrected chi connectivity index (χ2v) is 5.91. The first-order valence-electron chi connectivity index (χ1n) is 9.25. The number of carbonyl (C=O) groups is 1.